The number of nitrogens with zero attached hydrogens (tertiary/aromatic N) is 6. The van der Waals surface area contributed by atoms with Gasteiger partial charge in [-0.15, -0.1) is 5.10 Å². The van der Waals surface area contributed by atoms with Crippen LogP contribution in [0.1, 0.15) is 40.9 Å². The van der Waals surface area contributed by atoms with Crippen molar-refractivity contribution in [3.05, 3.63) is 90.0 Å². The van der Waals surface area contributed by atoms with Crippen LogP contribution in [0.4, 0.5) is 0 Å². The molecule has 2 N–H and O–H groups in total. The van der Waals surface area contributed by atoms with Gasteiger partial charge in [0.25, 0.3) is 5.91 Å². The zero-order chi connectivity index (χ0) is 32.1. The van der Waals surface area contributed by atoms with Crippen LogP contribution in [0, 0.1) is 0 Å². The number of nitrogens with one attached hydrogen (secondary N) is 2. The van der Waals surface area contributed by atoms with Gasteiger partial charge in [0.15, 0.2) is 11.5 Å². The van der Waals surface area contributed by atoms with Crippen molar-refractivity contribution in [1.82, 2.24) is 40.3 Å². The summed E-state index contributed by atoms with van der Waals surface area (Å²) < 4.78 is 15.1. The zero-order valence-electron chi connectivity index (χ0n) is 26.0. The fourth-order valence-electron chi connectivity index (χ4n) is 5.29. The van der Waals surface area contributed by atoms with Gasteiger partial charge in [-0.05, 0) is 30.2 Å². The van der Waals surface area contributed by atoms with E-state index in [0.29, 0.717) is 70.0 Å². The van der Waals surface area contributed by atoms with Crippen LogP contribution >= 0.6 is 0 Å². The van der Waals surface area contributed by atoms with Gasteiger partial charge in [-0.1, -0.05) is 41.6 Å². The molecular weight excluding hydrogens is 588 g/mol. The monoisotopic (exact) mass is 628 g/mol. The highest BCUT2D eigenvalue weighted by atomic mass is 16.5. The van der Waals surface area contributed by atoms with Crippen molar-refractivity contribution in [2.45, 2.75) is 51.2 Å². The molecule has 2 aromatic carbocycles. The number of carbonyl (C=O) groups is 3. The maximum atomic E-state index is 13.7. The van der Waals surface area contributed by atoms with Crippen molar-refractivity contribution in [3.8, 4) is 11.5 Å². The summed E-state index contributed by atoms with van der Waals surface area (Å²) in [6, 6.07) is 15.6. The molecule has 0 saturated carbocycles. The molecule has 0 aliphatic carbocycles. The third kappa shape index (κ3) is 8.93. The molecular formula is C33H40N8O5. The molecule has 3 heterocycles. The second-order valence-electron chi connectivity index (χ2n) is 11.0. The molecule has 1 aliphatic heterocycles. The Labute approximate surface area is 267 Å². The van der Waals surface area contributed by atoms with Crippen molar-refractivity contribution in [1.29, 1.82) is 0 Å². The molecule has 3 amide bonds. The number of amides is 3. The fourth-order valence-corrected chi connectivity index (χ4v) is 5.29. The van der Waals surface area contributed by atoms with Crippen molar-refractivity contribution in [2.75, 3.05) is 33.4 Å². The van der Waals surface area contributed by atoms with Crippen LogP contribution < -0.4 is 20.1 Å². The molecule has 0 fully saturated rings. The number of ether oxygens (including phenoxy) is 2. The van der Waals surface area contributed by atoms with Crippen molar-refractivity contribution >= 4 is 17.7 Å². The van der Waals surface area contributed by atoms with E-state index in [4.69, 9.17) is 9.47 Å². The van der Waals surface area contributed by atoms with Crippen LogP contribution in [0.25, 0.3) is 0 Å². The quantitative estimate of drug-likeness (QED) is 0.317. The predicted molar refractivity (Wildman–Crippen MR) is 169 cm³/mol. The number of hydrogen-bond donors (Lipinski definition) is 2. The normalized spacial score (nSPS) is 16.5. The molecule has 2 bridgehead atoms. The van der Waals surface area contributed by atoms with E-state index < -0.39 is 11.9 Å². The number of aryl methyl sites for hydroxylation is 2. The van der Waals surface area contributed by atoms with Crippen LogP contribution in [0.5, 0.6) is 11.5 Å². The number of para-hydroxylation sites is 1. The van der Waals surface area contributed by atoms with E-state index in [1.165, 1.54) is 7.11 Å². The van der Waals surface area contributed by atoms with E-state index in [9.17, 15) is 14.4 Å². The van der Waals surface area contributed by atoms with Crippen LogP contribution in [0.2, 0.25) is 0 Å². The van der Waals surface area contributed by atoms with Gasteiger partial charge in [-0.25, -0.2) is 0 Å². The highest BCUT2D eigenvalue weighted by molar-refractivity contribution is 6.00. The summed E-state index contributed by atoms with van der Waals surface area (Å²) in [4.78, 5) is 42.3. The molecule has 0 radical (unpaired) electrons. The van der Waals surface area contributed by atoms with Gasteiger partial charge in [0.05, 0.1) is 25.0 Å². The van der Waals surface area contributed by atoms with E-state index in [1.54, 1.807) is 38.7 Å². The Hall–Kier alpha value is -5.20. The van der Waals surface area contributed by atoms with Crippen LogP contribution in [-0.2, 0) is 35.5 Å². The summed E-state index contributed by atoms with van der Waals surface area (Å²) in [7, 11) is 1.52. The lowest BCUT2D eigenvalue weighted by Crippen LogP contribution is -2.50. The smallest absolute Gasteiger partial charge is 0.255 e. The van der Waals surface area contributed by atoms with Gasteiger partial charge < -0.3 is 25.0 Å². The minimum atomic E-state index is -0.872. The first-order valence-electron chi connectivity index (χ1n) is 15.6. The van der Waals surface area contributed by atoms with E-state index in [-0.39, 0.29) is 30.3 Å². The number of rotatable bonds is 7. The summed E-state index contributed by atoms with van der Waals surface area (Å²) in [6.45, 7) is 2.43. The summed E-state index contributed by atoms with van der Waals surface area (Å²) in [5.74, 6) is -0.107. The second-order valence-corrected chi connectivity index (χ2v) is 11.0. The number of hydrogen-bond acceptors (Lipinski definition) is 8. The number of aromatic nitrogens is 5. The summed E-state index contributed by atoms with van der Waals surface area (Å²) in [6.07, 6.45) is 7.83. The molecule has 13 heteroatoms. The Bertz CT molecular complexity index is 1570. The molecule has 0 unspecified atom stereocenters. The Kier molecular flexibility index (Phi) is 11.3. The van der Waals surface area contributed by atoms with Gasteiger partial charge in [0.1, 0.15) is 6.04 Å². The van der Waals surface area contributed by atoms with E-state index in [2.05, 4.69) is 26.0 Å². The summed E-state index contributed by atoms with van der Waals surface area (Å²) in [5.41, 5.74) is 1.92. The van der Waals surface area contributed by atoms with E-state index in [0.717, 1.165) is 11.3 Å². The van der Waals surface area contributed by atoms with E-state index >= 15 is 0 Å². The van der Waals surface area contributed by atoms with Crippen molar-refractivity contribution in [3.63, 3.8) is 0 Å². The Morgan fingerprint density at radius 3 is 2.74 bits per heavy atom. The Balaban J connectivity index is 1.35. The molecule has 242 valence electrons. The van der Waals surface area contributed by atoms with Crippen LogP contribution in [0.15, 0.2) is 73.2 Å². The SMILES string of the molecule is COc1cccc2c1OCCCn1cc(nn1)CCN(C(=O)CCCn1cccn1)CCNC(=O)[C@H](Cc1ccccc1)NC2=O. The average molecular weight is 629 g/mol. The maximum absolute atomic E-state index is 13.7. The highest BCUT2D eigenvalue weighted by Gasteiger charge is 2.25. The number of benzene rings is 2. The first-order chi connectivity index (χ1) is 22.5. The fraction of sp³-hybridized carbons (Fsp3) is 0.394. The van der Waals surface area contributed by atoms with Gasteiger partial charge in [0.2, 0.25) is 11.8 Å². The standard InChI is InChI=1S/C33H40N8O5/c1-45-29-12-5-11-27-31(29)46-22-8-19-41-24-26(37-38-41)14-20-39(30(42)13-6-17-40-18-7-15-35-40)21-16-34-33(44)28(36-32(27)43)23-25-9-3-2-4-10-25/h2-5,7,9-12,15,18,24,28H,6,8,13-14,16-17,19-23H2,1H3,(H,34,44)(H,36,43)/t28-/m0/s1. The van der Waals surface area contributed by atoms with E-state index in [1.807, 2.05) is 48.8 Å². The minimum absolute atomic E-state index is 0.0171. The Morgan fingerprint density at radius 2 is 1.93 bits per heavy atom. The lowest BCUT2D eigenvalue weighted by Gasteiger charge is -2.24. The molecule has 2 aromatic heterocycles. The van der Waals surface area contributed by atoms with Gasteiger partial charge in [0, 0.05) is 77.0 Å². The molecule has 1 atom stereocenters. The molecule has 13 nitrogen and oxygen atoms in total. The number of fused-ring (bicyclic) bond motifs is 3. The first-order valence-corrected chi connectivity index (χ1v) is 15.6. The highest BCUT2D eigenvalue weighted by Crippen LogP contribution is 2.31. The maximum Gasteiger partial charge on any atom is 0.255 e. The molecule has 46 heavy (non-hydrogen) atoms. The van der Waals surface area contributed by atoms with Crippen molar-refractivity contribution in [2.24, 2.45) is 0 Å². The largest absolute Gasteiger partial charge is 0.493 e. The average Bonchev–Trinajstić information content (AvgIpc) is 3.76. The minimum Gasteiger partial charge on any atom is -0.493 e. The van der Waals surface area contributed by atoms with Gasteiger partial charge in [-0.3, -0.25) is 23.7 Å². The molecule has 0 spiro atoms. The Morgan fingerprint density at radius 1 is 1.07 bits per heavy atom. The predicted octanol–water partition coefficient (Wildman–Crippen LogP) is 2.27. The molecule has 4 aromatic rings. The second kappa shape index (κ2) is 16.2. The number of carbonyl (C=O) groups excluding carboxylic acids is 3. The molecule has 1 aliphatic rings. The summed E-state index contributed by atoms with van der Waals surface area (Å²) >= 11 is 0. The topological polar surface area (TPSA) is 146 Å². The zero-order valence-corrected chi connectivity index (χ0v) is 26.0. The van der Waals surface area contributed by atoms with Crippen LogP contribution in [-0.4, -0.2) is 86.8 Å². The third-order valence-electron chi connectivity index (χ3n) is 7.72. The first kappa shape index (κ1) is 32.2. The number of methoxy groups -OCH3 is 1. The third-order valence-corrected chi connectivity index (χ3v) is 7.72. The van der Waals surface area contributed by atoms with Crippen molar-refractivity contribution < 1.29 is 23.9 Å². The molecule has 5 rings (SSSR count). The summed E-state index contributed by atoms with van der Waals surface area (Å²) in [5, 5.41) is 18.6. The lowest BCUT2D eigenvalue weighted by atomic mass is 10.0. The molecule has 0 saturated heterocycles. The van der Waals surface area contributed by atoms with Gasteiger partial charge >= 0.3 is 0 Å². The van der Waals surface area contributed by atoms with Gasteiger partial charge in [-0.2, -0.15) is 5.10 Å². The van der Waals surface area contributed by atoms with Crippen LogP contribution in [0.3, 0.4) is 0 Å². The lowest BCUT2D eigenvalue weighted by molar-refractivity contribution is -0.132.